The van der Waals surface area contributed by atoms with E-state index in [-0.39, 0.29) is 18.1 Å². The number of nitriles is 1. The number of oxazole rings is 1. The fourth-order valence-corrected chi connectivity index (χ4v) is 3.30. The van der Waals surface area contributed by atoms with Gasteiger partial charge in [0, 0.05) is 23.4 Å². The highest BCUT2D eigenvalue weighted by Gasteiger charge is 2.23. The number of carbonyl (C=O) groups is 1. The number of pyridine rings is 1. The molecule has 1 atom stereocenters. The van der Waals surface area contributed by atoms with Crippen LogP contribution in [0.5, 0.6) is 11.6 Å². The number of ether oxygens (including phenoxy) is 2. The van der Waals surface area contributed by atoms with E-state index >= 15 is 0 Å². The Morgan fingerprint density at radius 1 is 1.34 bits per heavy atom. The molecule has 4 rings (SSSR count). The first kappa shape index (κ1) is 18.7. The molecule has 0 bridgehead atoms. The fraction of sp³-hybridized carbons (Fsp3) is 0.333. The predicted octanol–water partition coefficient (Wildman–Crippen LogP) is 3.21. The van der Waals surface area contributed by atoms with Crippen LogP contribution in [0.25, 0.3) is 22.2 Å². The molecule has 1 aliphatic rings. The number of nitrogens with one attached hydrogen (secondary N) is 1. The maximum atomic E-state index is 11.4. The number of hydrogen-bond donors (Lipinski definition) is 1. The number of benzene rings is 1. The van der Waals surface area contributed by atoms with Crippen LogP contribution in [0.15, 0.2) is 35.2 Å². The van der Waals surface area contributed by atoms with Crippen molar-refractivity contribution in [2.75, 3.05) is 6.61 Å². The van der Waals surface area contributed by atoms with Gasteiger partial charge in [0.2, 0.25) is 17.7 Å². The van der Waals surface area contributed by atoms with Crippen LogP contribution in [0.3, 0.4) is 0 Å². The highest BCUT2D eigenvalue weighted by Crippen LogP contribution is 2.36. The lowest BCUT2D eigenvalue weighted by atomic mass is 10.0. The van der Waals surface area contributed by atoms with Gasteiger partial charge < -0.3 is 19.2 Å². The summed E-state index contributed by atoms with van der Waals surface area (Å²) in [6.45, 7) is 4.10. The number of nitrogens with zero attached hydrogens (tertiary/aromatic N) is 3. The van der Waals surface area contributed by atoms with E-state index in [0.29, 0.717) is 47.1 Å². The predicted molar refractivity (Wildman–Crippen MR) is 104 cm³/mol. The van der Waals surface area contributed by atoms with Crippen molar-refractivity contribution >= 4 is 16.7 Å². The maximum absolute atomic E-state index is 11.4. The van der Waals surface area contributed by atoms with Gasteiger partial charge in [-0.25, -0.2) is 9.97 Å². The van der Waals surface area contributed by atoms with E-state index in [9.17, 15) is 10.1 Å². The van der Waals surface area contributed by atoms with E-state index in [0.717, 1.165) is 11.8 Å². The number of hydrogen-bond acceptors (Lipinski definition) is 7. The van der Waals surface area contributed by atoms with Crippen LogP contribution in [-0.4, -0.2) is 34.6 Å². The Morgan fingerprint density at radius 3 is 2.86 bits per heavy atom. The Bertz CT molecular complexity index is 1090. The molecule has 1 fully saturated rings. The van der Waals surface area contributed by atoms with Crippen molar-refractivity contribution in [2.45, 2.75) is 38.8 Å². The smallest absolute Gasteiger partial charge is 0.228 e. The largest absolute Gasteiger partial charge is 0.490 e. The normalized spacial score (nSPS) is 16.1. The Labute approximate surface area is 167 Å². The summed E-state index contributed by atoms with van der Waals surface area (Å²) >= 11 is 0. The molecule has 0 spiro atoms. The minimum Gasteiger partial charge on any atom is -0.490 e. The standard InChI is InChI=1S/C21H20N4O4/c1-12(2)29-18-8-16-15(7-13(18)9-22)17(21-23-5-6-27-21)10-24-20(16)28-11-14-3-4-19(26)25-14/h5-8,10,12,14H,3-4,11H2,1-2H3,(H,25,26)/t14-/m0/s1. The van der Waals surface area contributed by atoms with Crippen LogP contribution >= 0.6 is 0 Å². The van der Waals surface area contributed by atoms with Gasteiger partial charge in [-0.05, 0) is 32.4 Å². The number of aromatic nitrogens is 2. The second-order valence-electron chi connectivity index (χ2n) is 7.10. The first-order valence-electron chi connectivity index (χ1n) is 9.40. The third-order valence-corrected chi connectivity index (χ3v) is 4.60. The Morgan fingerprint density at radius 2 is 2.21 bits per heavy atom. The Kier molecular flexibility index (Phi) is 5.04. The molecule has 148 valence electrons. The summed E-state index contributed by atoms with van der Waals surface area (Å²) < 4.78 is 17.2. The number of rotatable bonds is 6. The monoisotopic (exact) mass is 392 g/mol. The molecule has 1 N–H and O–H groups in total. The zero-order valence-electron chi connectivity index (χ0n) is 16.1. The van der Waals surface area contributed by atoms with E-state index in [1.807, 2.05) is 13.8 Å². The first-order valence-corrected chi connectivity index (χ1v) is 9.40. The topological polar surface area (TPSA) is 110 Å². The zero-order valence-corrected chi connectivity index (χ0v) is 16.1. The van der Waals surface area contributed by atoms with Gasteiger partial charge >= 0.3 is 0 Å². The van der Waals surface area contributed by atoms with Gasteiger partial charge in [0.15, 0.2) is 0 Å². The fourth-order valence-electron chi connectivity index (χ4n) is 3.30. The molecule has 0 aliphatic carbocycles. The molecule has 8 heteroatoms. The molecular weight excluding hydrogens is 372 g/mol. The average Bonchev–Trinajstić information content (AvgIpc) is 3.37. The van der Waals surface area contributed by atoms with Crippen LogP contribution in [0.1, 0.15) is 32.3 Å². The first-order chi connectivity index (χ1) is 14.0. The van der Waals surface area contributed by atoms with Gasteiger partial charge in [-0.1, -0.05) is 0 Å². The Hall–Kier alpha value is -3.60. The molecule has 0 radical (unpaired) electrons. The van der Waals surface area contributed by atoms with E-state index in [2.05, 4.69) is 21.4 Å². The van der Waals surface area contributed by atoms with Gasteiger partial charge in [-0.15, -0.1) is 0 Å². The molecule has 0 saturated carbocycles. The minimum atomic E-state index is -0.0968. The van der Waals surface area contributed by atoms with Gasteiger partial charge in [0.1, 0.15) is 24.7 Å². The van der Waals surface area contributed by atoms with Crippen LogP contribution in [0.2, 0.25) is 0 Å². The summed E-state index contributed by atoms with van der Waals surface area (Å²) in [6.07, 6.45) is 5.78. The second kappa shape index (κ2) is 7.80. The molecule has 8 nitrogen and oxygen atoms in total. The van der Waals surface area contributed by atoms with Gasteiger partial charge in [-0.3, -0.25) is 4.79 Å². The number of carbonyl (C=O) groups excluding carboxylic acids is 1. The van der Waals surface area contributed by atoms with Crippen molar-refractivity contribution in [3.8, 4) is 29.2 Å². The van der Waals surface area contributed by atoms with Crippen LogP contribution in [0, 0.1) is 11.3 Å². The van der Waals surface area contributed by atoms with Crippen molar-refractivity contribution in [2.24, 2.45) is 0 Å². The third-order valence-electron chi connectivity index (χ3n) is 4.60. The van der Waals surface area contributed by atoms with E-state index < -0.39 is 0 Å². The molecule has 29 heavy (non-hydrogen) atoms. The van der Waals surface area contributed by atoms with E-state index in [1.54, 1.807) is 24.5 Å². The summed E-state index contributed by atoms with van der Waals surface area (Å²) in [4.78, 5) is 20.1. The summed E-state index contributed by atoms with van der Waals surface area (Å²) in [6, 6.07) is 5.63. The van der Waals surface area contributed by atoms with Crippen LogP contribution in [0.4, 0.5) is 0 Å². The molecule has 0 unspecified atom stereocenters. The molecular formula is C21H20N4O4. The van der Waals surface area contributed by atoms with E-state index in [1.165, 1.54) is 6.26 Å². The van der Waals surface area contributed by atoms with Crippen molar-refractivity contribution in [3.05, 3.63) is 36.4 Å². The van der Waals surface area contributed by atoms with Crippen molar-refractivity contribution in [1.29, 1.82) is 5.26 Å². The molecule has 2 aromatic heterocycles. The lowest BCUT2D eigenvalue weighted by molar-refractivity contribution is -0.119. The van der Waals surface area contributed by atoms with Crippen LogP contribution in [-0.2, 0) is 4.79 Å². The lowest BCUT2D eigenvalue weighted by Gasteiger charge is -2.16. The highest BCUT2D eigenvalue weighted by molar-refractivity contribution is 5.99. The highest BCUT2D eigenvalue weighted by atomic mass is 16.5. The van der Waals surface area contributed by atoms with Crippen molar-refractivity contribution < 1.29 is 18.7 Å². The average molecular weight is 392 g/mol. The number of fused-ring (bicyclic) bond motifs is 1. The van der Waals surface area contributed by atoms with Crippen molar-refractivity contribution in [3.63, 3.8) is 0 Å². The molecule has 1 amide bonds. The Balaban J connectivity index is 1.79. The number of amides is 1. The van der Waals surface area contributed by atoms with Gasteiger partial charge in [-0.2, -0.15) is 5.26 Å². The summed E-state index contributed by atoms with van der Waals surface area (Å²) in [7, 11) is 0. The van der Waals surface area contributed by atoms with Crippen LogP contribution < -0.4 is 14.8 Å². The summed E-state index contributed by atoms with van der Waals surface area (Å²) in [5, 5.41) is 13.9. The lowest BCUT2D eigenvalue weighted by Crippen LogP contribution is -2.31. The van der Waals surface area contributed by atoms with Gasteiger partial charge in [0.25, 0.3) is 0 Å². The minimum absolute atomic E-state index is 0.0296. The molecule has 1 aromatic carbocycles. The summed E-state index contributed by atoms with van der Waals surface area (Å²) in [5.41, 5.74) is 1.05. The van der Waals surface area contributed by atoms with Gasteiger partial charge in [0.05, 0.1) is 29.5 Å². The quantitative estimate of drug-likeness (QED) is 0.686. The molecule has 3 heterocycles. The third kappa shape index (κ3) is 3.85. The molecule has 1 aliphatic heterocycles. The van der Waals surface area contributed by atoms with E-state index in [4.69, 9.17) is 13.9 Å². The second-order valence-corrected chi connectivity index (χ2v) is 7.10. The SMILES string of the molecule is CC(C)Oc1cc2c(OC[C@@H]3CCC(=O)N3)ncc(-c3ncco3)c2cc1C#N. The summed E-state index contributed by atoms with van der Waals surface area (Å²) in [5.74, 6) is 1.29. The maximum Gasteiger partial charge on any atom is 0.228 e. The molecule has 1 saturated heterocycles. The zero-order chi connectivity index (χ0) is 20.4. The molecule has 3 aromatic rings. The van der Waals surface area contributed by atoms with Crippen molar-refractivity contribution in [1.82, 2.24) is 15.3 Å².